The maximum absolute atomic E-state index is 5.97. The molecule has 0 aromatic heterocycles. The molecule has 2 aliphatic rings. The molecule has 19 heavy (non-hydrogen) atoms. The zero-order valence-corrected chi connectivity index (χ0v) is 13.5. The average molecular weight is 266 g/mol. The fourth-order valence-corrected chi connectivity index (χ4v) is 4.60. The van der Waals surface area contributed by atoms with Gasteiger partial charge in [0.25, 0.3) is 0 Å². The lowest BCUT2D eigenvalue weighted by Crippen LogP contribution is -2.36. The van der Waals surface area contributed by atoms with E-state index in [-0.39, 0.29) is 0 Å². The van der Waals surface area contributed by atoms with Gasteiger partial charge in [-0.2, -0.15) is 0 Å². The van der Waals surface area contributed by atoms with Crippen LogP contribution in [0.25, 0.3) is 0 Å². The van der Waals surface area contributed by atoms with Crippen molar-refractivity contribution in [3.05, 3.63) is 0 Å². The molecule has 0 spiro atoms. The fraction of sp³-hybridized carbons (Fsp3) is 1.00. The molecular formula is C17H34N2. The van der Waals surface area contributed by atoms with Gasteiger partial charge in [0.1, 0.15) is 0 Å². The molecule has 2 heteroatoms. The molecule has 4 unspecified atom stereocenters. The number of rotatable bonds is 6. The van der Waals surface area contributed by atoms with Crippen LogP contribution in [0.1, 0.15) is 52.9 Å². The SMILES string of the molecule is CN(CC(CN)CC(C)(C)C)CC1CC2CCC1C2. The molecule has 2 rings (SSSR count). The van der Waals surface area contributed by atoms with Crippen molar-refractivity contribution >= 4 is 0 Å². The van der Waals surface area contributed by atoms with E-state index in [1.54, 1.807) is 0 Å². The van der Waals surface area contributed by atoms with Gasteiger partial charge in [0.15, 0.2) is 0 Å². The summed E-state index contributed by atoms with van der Waals surface area (Å²) in [6, 6.07) is 0. The Bertz CT molecular complexity index is 281. The van der Waals surface area contributed by atoms with Gasteiger partial charge in [-0.15, -0.1) is 0 Å². The van der Waals surface area contributed by atoms with Crippen LogP contribution in [0.2, 0.25) is 0 Å². The van der Waals surface area contributed by atoms with Crippen LogP contribution in [0, 0.1) is 29.1 Å². The quantitative estimate of drug-likeness (QED) is 0.798. The van der Waals surface area contributed by atoms with Crippen molar-refractivity contribution in [2.75, 3.05) is 26.7 Å². The minimum Gasteiger partial charge on any atom is -0.330 e. The van der Waals surface area contributed by atoms with Crippen molar-refractivity contribution < 1.29 is 0 Å². The van der Waals surface area contributed by atoms with Gasteiger partial charge in [-0.25, -0.2) is 0 Å². The largest absolute Gasteiger partial charge is 0.330 e. The van der Waals surface area contributed by atoms with Crippen molar-refractivity contribution in [1.82, 2.24) is 4.90 Å². The molecule has 0 heterocycles. The van der Waals surface area contributed by atoms with Gasteiger partial charge in [0.05, 0.1) is 0 Å². The van der Waals surface area contributed by atoms with Crippen molar-refractivity contribution in [2.45, 2.75) is 52.9 Å². The van der Waals surface area contributed by atoms with E-state index in [0.29, 0.717) is 11.3 Å². The van der Waals surface area contributed by atoms with Crippen LogP contribution in [-0.2, 0) is 0 Å². The summed E-state index contributed by atoms with van der Waals surface area (Å²) in [6.45, 7) is 10.3. The highest BCUT2D eigenvalue weighted by Gasteiger charge is 2.39. The van der Waals surface area contributed by atoms with Crippen LogP contribution >= 0.6 is 0 Å². The molecule has 2 N–H and O–H groups in total. The molecule has 2 aliphatic carbocycles. The van der Waals surface area contributed by atoms with Crippen LogP contribution < -0.4 is 5.73 Å². The Hall–Kier alpha value is -0.0800. The maximum Gasteiger partial charge on any atom is 0.00190 e. The molecule has 2 saturated carbocycles. The normalized spacial score (nSPS) is 32.2. The molecule has 0 aliphatic heterocycles. The van der Waals surface area contributed by atoms with Crippen molar-refractivity contribution in [3.8, 4) is 0 Å². The first-order valence-corrected chi connectivity index (χ1v) is 8.26. The zero-order chi connectivity index (χ0) is 14.0. The van der Waals surface area contributed by atoms with Crippen molar-refractivity contribution in [1.29, 1.82) is 0 Å². The van der Waals surface area contributed by atoms with E-state index in [0.717, 1.165) is 24.3 Å². The Balaban J connectivity index is 1.75. The Kier molecular flexibility index (Phi) is 4.94. The summed E-state index contributed by atoms with van der Waals surface area (Å²) >= 11 is 0. The van der Waals surface area contributed by atoms with Gasteiger partial charge in [-0.1, -0.05) is 27.2 Å². The predicted octanol–water partition coefficient (Wildman–Crippen LogP) is 3.37. The molecule has 112 valence electrons. The summed E-state index contributed by atoms with van der Waals surface area (Å²) in [4.78, 5) is 2.56. The summed E-state index contributed by atoms with van der Waals surface area (Å²) in [5, 5.41) is 0. The van der Waals surface area contributed by atoms with Gasteiger partial charge in [-0.05, 0) is 68.4 Å². The van der Waals surface area contributed by atoms with Crippen LogP contribution in [0.3, 0.4) is 0 Å². The second-order valence-corrected chi connectivity index (χ2v) is 8.52. The summed E-state index contributed by atoms with van der Waals surface area (Å²) in [5.41, 5.74) is 6.37. The predicted molar refractivity (Wildman–Crippen MR) is 83.1 cm³/mol. The van der Waals surface area contributed by atoms with Crippen molar-refractivity contribution in [3.63, 3.8) is 0 Å². The van der Waals surface area contributed by atoms with Crippen LogP contribution in [0.15, 0.2) is 0 Å². The number of nitrogens with two attached hydrogens (primary N) is 1. The van der Waals surface area contributed by atoms with Gasteiger partial charge in [-0.3, -0.25) is 0 Å². The van der Waals surface area contributed by atoms with E-state index in [1.165, 1.54) is 45.2 Å². The lowest BCUT2D eigenvalue weighted by molar-refractivity contribution is 0.176. The molecule has 0 radical (unpaired) electrons. The molecule has 0 aromatic carbocycles. The highest BCUT2D eigenvalue weighted by Crippen LogP contribution is 2.48. The summed E-state index contributed by atoms with van der Waals surface area (Å²) in [5.74, 6) is 3.76. The Labute approximate surface area is 120 Å². The van der Waals surface area contributed by atoms with E-state index in [1.807, 2.05) is 0 Å². The lowest BCUT2D eigenvalue weighted by atomic mass is 9.84. The second kappa shape index (κ2) is 6.13. The van der Waals surface area contributed by atoms with Crippen LogP contribution in [-0.4, -0.2) is 31.6 Å². The smallest absolute Gasteiger partial charge is 0.00190 e. The summed E-state index contributed by atoms with van der Waals surface area (Å²) in [7, 11) is 2.30. The van der Waals surface area contributed by atoms with Gasteiger partial charge < -0.3 is 10.6 Å². The fourth-order valence-electron chi connectivity index (χ4n) is 4.60. The van der Waals surface area contributed by atoms with E-state index in [4.69, 9.17) is 5.73 Å². The molecule has 0 saturated heterocycles. The highest BCUT2D eigenvalue weighted by molar-refractivity contribution is 4.91. The minimum absolute atomic E-state index is 0.400. The maximum atomic E-state index is 5.97. The number of hydrogen-bond acceptors (Lipinski definition) is 2. The Morgan fingerprint density at radius 2 is 1.95 bits per heavy atom. The third-order valence-electron chi connectivity index (χ3n) is 5.23. The third kappa shape index (κ3) is 4.46. The van der Waals surface area contributed by atoms with Gasteiger partial charge in [0, 0.05) is 13.1 Å². The first-order chi connectivity index (χ1) is 8.87. The monoisotopic (exact) mass is 266 g/mol. The topological polar surface area (TPSA) is 29.3 Å². The lowest BCUT2D eigenvalue weighted by Gasteiger charge is -2.32. The van der Waals surface area contributed by atoms with E-state index in [9.17, 15) is 0 Å². The molecular weight excluding hydrogens is 232 g/mol. The number of hydrogen-bond donors (Lipinski definition) is 1. The van der Waals surface area contributed by atoms with E-state index < -0.39 is 0 Å². The van der Waals surface area contributed by atoms with Crippen molar-refractivity contribution in [2.24, 2.45) is 34.8 Å². The van der Waals surface area contributed by atoms with Crippen LogP contribution in [0.4, 0.5) is 0 Å². The highest BCUT2D eigenvalue weighted by atomic mass is 15.1. The molecule has 0 amide bonds. The van der Waals surface area contributed by atoms with Crippen LogP contribution in [0.5, 0.6) is 0 Å². The Morgan fingerprint density at radius 3 is 2.42 bits per heavy atom. The van der Waals surface area contributed by atoms with E-state index in [2.05, 4.69) is 32.7 Å². The van der Waals surface area contributed by atoms with E-state index >= 15 is 0 Å². The van der Waals surface area contributed by atoms with Gasteiger partial charge in [0.2, 0.25) is 0 Å². The Morgan fingerprint density at radius 1 is 1.21 bits per heavy atom. The standard InChI is InChI=1S/C17H34N2/c1-17(2,3)9-14(10-18)11-19(4)12-16-8-13-5-6-15(16)7-13/h13-16H,5-12,18H2,1-4H3. The molecule has 2 fully saturated rings. The second-order valence-electron chi connectivity index (χ2n) is 8.52. The molecule has 2 bridgehead atoms. The molecule has 4 atom stereocenters. The average Bonchev–Trinajstić information content (AvgIpc) is 2.87. The number of fused-ring (bicyclic) bond motifs is 2. The number of nitrogens with zero attached hydrogens (tertiary/aromatic N) is 1. The summed E-state index contributed by atoms with van der Waals surface area (Å²) in [6.07, 6.45) is 7.29. The minimum atomic E-state index is 0.400. The third-order valence-corrected chi connectivity index (χ3v) is 5.23. The zero-order valence-electron chi connectivity index (χ0n) is 13.5. The first kappa shape index (κ1) is 15.3. The molecule has 0 aromatic rings. The van der Waals surface area contributed by atoms with Gasteiger partial charge >= 0.3 is 0 Å². The molecule has 2 nitrogen and oxygen atoms in total. The summed E-state index contributed by atoms with van der Waals surface area (Å²) < 4.78 is 0. The first-order valence-electron chi connectivity index (χ1n) is 8.26.